The molecule has 1 aromatic carbocycles. The summed E-state index contributed by atoms with van der Waals surface area (Å²) in [4.78, 5) is 11.0. The van der Waals surface area contributed by atoms with Crippen LogP contribution in [-0.4, -0.2) is 17.2 Å². The van der Waals surface area contributed by atoms with Crippen LogP contribution in [0.2, 0.25) is 0 Å². The minimum Gasteiger partial charge on any atom is -0.490 e. The van der Waals surface area contributed by atoms with Crippen molar-refractivity contribution in [2.24, 2.45) is 5.92 Å². The van der Waals surface area contributed by atoms with Crippen LogP contribution in [0.4, 0.5) is 0 Å². The van der Waals surface area contributed by atoms with Gasteiger partial charge in [-0.05, 0) is 43.4 Å². The van der Waals surface area contributed by atoms with E-state index >= 15 is 0 Å². The van der Waals surface area contributed by atoms with Gasteiger partial charge >= 0.3 is 5.97 Å². The van der Waals surface area contributed by atoms with E-state index in [9.17, 15) is 4.79 Å². The number of carboxylic acid groups (broad SMARTS) is 1. The van der Waals surface area contributed by atoms with Crippen LogP contribution in [0.15, 0.2) is 22.7 Å². The third-order valence-electron chi connectivity index (χ3n) is 3.31. The molecule has 0 amide bonds. The molecule has 98 valence electrons. The fourth-order valence-corrected chi connectivity index (χ4v) is 2.90. The van der Waals surface area contributed by atoms with Gasteiger partial charge in [-0.3, -0.25) is 0 Å². The molecule has 0 heterocycles. The summed E-state index contributed by atoms with van der Waals surface area (Å²) in [7, 11) is 0. The van der Waals surface area contributed by atoms with Crippen molar-refractivity contribution in [3.05, 3.63) is 28.2 Å². The molecule has 1 aliphatic carbocycles. The lowest BCUT2D eigenvalue weighted by Crippen LogP contribution is -2.24. The summed E-state index contributed by atoms with van der Waals surface area (Å²) >= 11 is 3.31. The van der Waals surface area contributed by atoms with Crippen molar-refractivity contribution in [1.82, 2.24) is 0 Å². The van der Waals surface area contributed by atoms with Crippen molar-refractivity contribution < 1.29 is 14.6 Å². The maximum Gasteiger partial charge on any atom is 0.335 e. The monoisotopic (exact) mass is 312 g/mol. The van der Waals surface area contributed by atoms with E-state index in [0.717, 1.165) is 17.3 Å². The quantitative estimate of drug-likeness (QED) is 0.913. The Morgan fingerprint density at radius 1 is 1.39 bits per heavy atom. The molecule has 18 heavy (non-hydrogen) atoms. The van der Waals surface area contributed by atoms with Gasteiger partial charge in [0.1, 0.15) is 5.75 Å². The van der Waals surface area contributed by atoms with Crippen LogP contribution < -0.4 is 4.74 Å². The second kappa shape index (κ2) is 5.74. The van der Waals surface area contributed by atoms with Gasteiger partial charge in [-0.2, -0.15) is 0 Å². The summed E-state index contributed by atoms with van der Waals surface area (Å²) in [5, 5.41) is 9.01. The van der Waals surface area contributed by atoms with E-state index in [1.54, 1.807) is 12.1 Å². The topological polar surface area (TPSA) is 46.5 Å². The Morgan fingerprint density at radius 2 is 2.17 bits per heavy atom. The molecule has 0 aromatic heterocycles. The highest BCUT2D eigenvalue weighted by Crippen LogP contribution is 2.29. The number of carbonyl (C=O) groups is 1. The number of halogens is 1. The maximum absolute atomic E-state index is 11.0. The molecule has 3 nitrogen and oxygen atoms in total. The van der Waals surface area contributed by atoms with Gasteiger partial charge in [-0.25, -0.2) is 4.79 Å². The van der Waals surface area contributed by atoms with Gasteiger partial charge in [-0.1, -0.05) is 29.3 Å². The Labute approximate surface area is 115 Å². The molecule has 0 radical (unpaired) electrons. The van der Waals surface area contributed by atoms with E-state index in [-0.39, 0.29) is 11.7 Å². The lowest BCUT2D eigenvalue weighted by Gasteiger charge is -2.27. The zero-order chi connectivity index (χ0) is 13.1. The summed E-state index contributed by atoms with van der Waals surface area (Å²) in [5.74, 6) is 0.397. The van der Waals surface area contributed by atoms with Crippen LogP contribution in [0.25, 0.3) is 0 Å². The number of hydrogen-bond acceptors (Lipinski definition) is 2. The van der Waals surface area contributed by atoms with Gasteiger partial charge in [0.25, 0.3) is 0 Å². The molecule has 1 fully saturated rings. The second-order valence-corrected chi connectivity index (χ2v) is 5.91. The highest BCUT2D eigenvalue weighted by Gasteiger charge is 2.20. The van der Waals surface area contributed by atoms with E-state index in [2.05, 4.69) is 22.9 Å². The fourth-order valence-electron chi connectivity index (χ4n) is 2.43. The third-order valence-corrected chi connectivity index (χ3v) is 3.77. The third kappa shape index (κ3) is 3.48. The van der Waals surface area contributed by atoms with Crippen LogP contribution >= 0.6 is 15.9 Å². The molecule has 0 spiro atoms. The SMILES string of the molecule is CC1CCCC(Oc2cc(Br)cc(C(=O)O)c2)C1. The van der Waals surface area contributed by atoms with Crippen molar-refractivity contribution in [2.75, 3.05) is 0 Å². The average Bonchev–Trinajstić information content (AvgIpc) is 2.28. The molecule has 0 aliphatic heterocycles. The van der Waals surface area contributed by atoms with Crippen LogP contribution in [-0.2, 0) is 0 Å². The van der Waals surface area contributed by atoms with E-state index < -0.39 is 5.97 Å². The lowest BCUT2D eigenvalue weighted by molar-refractivity contribution is 0.0695. The van der Waals surface area contributed by atoms with Crippen molar-refractivity contribution in [1.29, 1.82) is 0 Å². The van der Waals surface area contributed by atoms with Gasteiger partial charge < -0.3 is 9.84 Å². The van der Waals surface area contributed by atoms with Crippen LogP contribution in [0.1, 0.15) is 43.0 Å². The van der Waals surface area contributed by atoms with Gasteiger partial charge in [0, 0.05) is 4.47 Å². The Bertz CT molecular complexity index is 445. The molecule has 1 aromatic rings. The molecular weight excluding hydrogens is 296 g/mol. The van der Waals surface area contributed by atoms with E-state index in [4.69, 9.17) is 9.84 Å². The van der Waals surface area contributed by atoms with Gasteiger partial charge in [-0.15, -0.1) is 0 Å². The van der Waals surface area contributed by atoms with Gasteiger partial charge in [0.15, 0.2) is 0 Å². The van der Waals surface area contributed by atoms with Crippen LogP contribution in [0.5, 0.6) is 5.75 Å². The minimum absolute atomic E-state index is 0.213. The summed E-state index contributed by atoms with van der Waals surface area (Å²) < 4.78 is 6.64. The normalized spacial score (nSPS) is 23.7. The first kappa shape index (κ1) is 13.4. The van der Waals surface area contributed by atoms with Crippen molar-refractivity contribution in [3.63, 3.8) is 0 Å². The predicted octanol–water partition coefficient (Wildman–Crippen LogP) is 4.10. The average molecular weight is 313 g/mol. The summed E-state index contributed by atoms with van der Waals surface area (Å²) in [6.07, 6.45) is 4.77. The number of rotatable bonds is 3. The summed E-state index contributed by atoms with van der Waals surface area (Å²) in [5.41, 5.74) is 0.253. The van der Waals surface area contributed by atoms with Crippen LogP contribution in [0.3, 0.4) is 0 Å². The summed E-state index contributed by atoms with van der Waals surface area (Å²) in [6.45, 7) is 2.24. The Balaban J connectivity index is 2.10. The number of aromatic carboxylic acids is 1. The van der Waals surface area contributed by atoms with E-state index in [0.29, 0.717) is 11.7 Å². The number of ether oxygens (including phenoxy) is 1. The van der Waals surface area contributed by atoms with E-state index in [1.165, 1.54) is 12.8 Å². The molecule has 1 aliphatic rings. The maximum atomic E-state index is 11.0. The molecule has 4 heteroatoms. The van der Waals surface area contributed by atoms with Crippen molar-refractivity contribution in [2.45, 2.75) is 38.7 Å². The molecule has 2 unspecified atom stereocenters. The molecule has 2 rings (SSSR count). The predicted molar refractivity (Wildman–Crippen MR) is 73.1 cm³/mol. The number of benzene rings is 1. The molecular formula is C14H17BrO3. The van der Waals surface area contributed by atoms with Gasteiger partial charge in [0.2, 0.25) is 0 Å². The molecule has 0 saturated heterocycles. The first-order chi connectivity index (χ1) is 8.54. The van der Waals surface area contributed by atoms with Gasteiger partial charge in [0.05, 0.1) is 11.7 Å². The number of hydrogen-bond donors (Lipinski definition) is 1. The first-order valence-electron chi connectivity index (χ1n) is 6.25. The Hall–Kier alpha value is -1.03. The molecule has 1 N–H and O–H groups in total. The van der Waals surface area contributed by atoms with Crippen molar-refractivity contribution in [3.8, 4) is 5.75 Å². The zero-order valence-corrected chi connectivity index (χ0v) is 11.9. The molecule has 0 bridgehead atoms. The standard InChI is InChI=1S/C14H17BrO3/c1-9-3-2-4-12(5-9)18-13-7-10(14(16)17)6-11(15)8-13/h6-9,12H,2-5H2,1H3,(H,16,17). The Morgan fingerprint density at radius 3 is 2.83 bits per heavy atom. The highest BCUT2D eigenvalue weighted by molar-refractivity contribution is 9.10. The molecule has 1 saturated carbocycles. The van der Waals surface area contributed by atoms with Crippen LogP contribution in [0, 0.1) is 5.92 Å². The highest BCUT2D eigenvalue weighted by atomic mass is 79.9. The summed E-state index contributed by atoms with van der Waals surface area (Å²) in [6, 6.07) is 5.00. The van der Waals surface area contributed by atoms with E-state index in [1.807, 2.05) is 6.07 Å². The zero-order valence-electron chi connectivity index (χ0n) is 10.4. The molecule has 2 atom stereocenters. The lowest BCUT2D eigenvalue weighted by atomic mass is 9.89. The largest absolute Gasteiger partial charge is 0.490 e. The Kier molecular flexibility index (Phi) is 4.27. The van der Waals surface area contributed by atoms with Crippen molar-refractivity contribution >= 4 is 21.9 Å². The minimum atomic E-state index is -0.932. The number of carboxylic acids is 1. The smallest absolute Gasteiger partial charge is 0.335 e. The second-order valence-electron chi connectivity index (χ2n) is 4.99. The first-order valence-corrected chi connectivity index (χ1v) is 7.04. The fraction of sp³-hybridized carbons (Fsp3) is 0.500.